The number of allylic oxidation sites excluding steroid dienone is 1. The first kappa shape index (κ1) is 6.43. The topological polar surface area (TPSA) is 26.3 Å². The summed E-state index contributed by atoms with van der Waals surface area (Å²) in [6.07, 6.45) is 1.74. The molecule has 0 aliphatic carbocycles. The van der Waals surface area contributed by atoms with Crippen LogP contribution in [0.15, 0.2) is 12.7 Å². The molecule has 0 aliphatic rings. The zero-order chi connectivity index (χ0) is 5.54. The van der Waals surface area contributed by atoms with Crippen LogP contribution in [0, 0.1) is 0 Å². The van der Waals surface area contributed by atoms with E-state index in [2.05, 4.69) is 11.0 Å². The maximum absolute atomic E-state index is 9.33. The second kappa shape index (κ2) is 5.43. The lowest BCUT2D eigenvalue weighted by atomic mass is 10.8. The van der Waals surface area contributed by atoms with Gasteiger partial charge in [0.2, 0.25) is 9.76 Å². The van der Waals surface area contributed by atoms with Crippen LogP contribution >= 0.6 is 0 Å². The van der Waals surface area contributed by atoms with E-state index in [0.717, 1.165) is 6.04 Å². The number of hydrogen-bond donors (Lipinski definition) is 0. The van der Waals surface area contributed by atoms with Gasteiger partial charge in [0.25, 0.3) is 0 Å². The third-order valence-corrected chi connectivity index (χ3v) is 1.45. The van der Waals surface area contributed by atoms with Gasteiger partial charge in [-0.1, -0.05) is 6.08 Å². The molecular formula is C4H7O2Si. The maximum Gasteiger partial charge on any atom is 0.402 e. The Labute approximate surface area is 45.1 Å². The smallest absolute Gasteiger partial charge is 0.402 e. The minimum absolute atomic E-state index is 0.630. The van der Waals surface area contributed by atoms with Crippen molar-refractivity contribution in [1.82, 2.24) is 0 Å². The number of hydrogen-bond acceptors (Lipinski definition) is 2. The zero-order valence-corrected chi connectivity index (χ0v) is 5.43. The summed E-state index contributed by atoms with van der Waals surface area (Å²) < 4.78 is 4.34. The molecule has 0 unspecified atom stereocenters. The van der Waals surface area contributed by atoms with Crippen LogP contribution in [0.5, 0.6) is 0 Å². The molecule has 0 N–H and O–H groups in total. The third-order valence-electron chi connectivity index (χ3n) is 0.483. The molecule has 0 heterocycles. The molecule has 3 heteroatoms. The van der Waals surface area contributed by atoms with E-state index >= 15 is 0 Å². The van der Waals surface area contributed by atoms with Gasteiger partial charge in [-0.15, -0.1) is 6.58 Å². The molecule has 0 saturated carbocycles. The lowest BCUT2D eigenvalue weighted by Gasteiger charge is -1.85. The van der Waals surface area contributed by atoms with Crippen molar-refractivity contribution in [2.24, 2.45) is 0 Å². The van der Waals surface area contributed by atoms with Crippen molar-refractivity contribution < 1.29 is 9.22 Å². The minimum atomic E-state index is -0.630. The SMILES string of the molecule is C=CC[SiH2]O[C]=O. The molecule has 7 heavy (non-hydrogen) atoms. The highest BCUT2D eigenvalue weighted by Crippen LogP contribution is 1.75. The van der Waals surface area contributed by atoms with Gasteiger partial charge in [-0.2, -0.15) is 0 Å². The average molecular weight is 115 g/mol. The fraction of sp³-hybridized carbons (Fsp3) is 0.250. The largest absolute Gasteiger partial charge is 0.516 e. The van der Waals surface area contributed by atoms with Gasteiger partial charge in [0.05, 0.1) is 0 Å². The Hall–Kier alpha value is -0.573. The van der Waals surface area contributed by atoms with Crippen molar-refractivity contribution in [1.29, 1.82) is 0 Å². The second-order valence-electron chi connectivity index (χ2n) is 1.01. The van der Waals surface area contributed by atoms with Crippen LogP contribution in [0.2, 0.25) is 6.04 Å². The monoisotopic (exact) mass is 115 g/mol. The predicted octanol–water partition coefficient (Wildman–Crippen LogP) is -0.242. The molecule has 0 rings (SSSR count). The Kier molecular flexibility index (Phi) is 4.98. The van der Waals surface area contributed by atoms with E-state index < -0.39 is 9.76 Å². The van der Waals surface area contributed by atoms with Crippen molar-refractivity contribution in [3.05, 3.63) is 12.7 Å². The van der Waals surface area contributed by atoms with Gasteiger partial charge >= 0.3 is 6.47 Å². The lowest BCUT2D eigenvalue weighted by Crippen LogP contribution is -1.91. The molecule has 0 aromatic rings. The number of carbonyl (C=O) groups excluding carboxylic acids is 1. The molecule has 0 amide bonds. The molecule has 0 bridgehead atoms. The third kappa shape index (κ3) is 5.43. The molecule has 0 atom stereocenters. The Morgan fingerprint density at radius 3 is 3.14 bits per heavy atom. The van der Waals surface area contributed by atoms with Crippen LogP contribution in [0.3, 0.4) is 0 Å². The van der Waals surface area contributed by atoms with Crippen molar-refractivity contribution >= 4 is 16.2 Å². The van der Waals surface area contributed by atoms with E-state index in [-0.39, 0.29) is 0 Å². The Balaban J connectivity index is 2.68. The van der Waals surface area contributed by atoms with Crippen LogP contribution in [0.1, 0.15) is 0 Å². The van der Waals surface area contributed by atoms with Gasteiger partial charge in [0, 0.05) is 0 Å². The molecule has 0 fully saturated rings. The predicted molar refractivity (Wildman–Crippen MR) is 30.3 cm³/mol. The Bertz CT molecular complexity index is 54.7. The fourth-order valence-electron chi connectivity index (χ4n) is 0.184. The van der Waals surface area contributed by atoms with Gasteiger partial charge in [-0.05, 0) is 6.04 Å². The first-order valence-electron chi connectivity index (χ1n) is 2.01. The first-order valence-corrected chi connectivity index (χ1v) is 3.59. The molecule has 0 saturated heterocycles. The van der Waals surface area contributed by atoms with E-state index in [1.165, 1.54) is 6.47 Å². The van der Waals surface area contributed by atoms with E-state index in [1.54, 1.807) is 6.08 Å². The van der Waals surface area contributed by atoms with Crippen LogP contribution in [-0.2, 0) is 9.22 Å². The highest BCUT2D eigenvalue weighted by molar-refractivity contribution is 6.29. The Morgan fingerprint density at radius 2 is 2.71 bits per heavy atom. The molecule has 0 spiro atoms. The molecule has 1 radical (unpaired) electrons. The second-order valence-corrected chi connectivity index (χ2v) is 2.28. The molecule has 2 nitrogen and oxygen atoms in total. The Morgan fingerprint density at radius 1 is 2.00 bits per heavy atom. The maximum atomic E-state index is 9.33. The summed E-state index contributed by atoms with van der Waals surface area (Å²) in [7, 11) is -0.630. The van der Waals surface area contributed by atoms with Gasteiger partial charge in [0.15, 0.2) is 0 Å². The minimum Gasteiger partial charge on any atom is -0.516 e. The van der Waals surface area contributed by atoms with Gasteiger partial charge in [-0.25, -0.2) is 4.79 Å². The molecule has 0 aliphatic heterocycles. The van der Waals surface area contributed by atoms with Crippen molar-refractivity contribution in [2.75, 3.05) is 0 Å². The van der Waals surface area contributed by atoms with E-state index in [9.17, 15) is 4.79 Å². The summed E-state index contributed by atoms with van der Waals surface area (Å²) in [5.41, 5.74) is 0. The summed E-state index contributed by atoms with van der Waals surface area (Å²) >= 11 is 0. The average Bonchev–Trinajstić information content (AvgIpc) is 1.69. The summed E-state index contributed by atoms with van der Waals surface area (Å²) in [4.78, 5) is 9.33. The summed E-state index contributed by atoms with van der Waals surface area (Å²) in [6, 6.07) is 0.842. The van der Waals surface area contributed by atoms with E-state index in [0.29, 0.717) is 0 Å². The van der Waals surface area contributed by atoms with Crippen LogP contribution < -0.4 is 0 Å². The van der Waals surface area contributed by atoms with Crippen LogP contribution in [0.4, 0.5) is 0 Å². The summed E-state index contributed by atoms with van der Waals surface area (Å²) in [5.74, 6) is 0. The molecule has 0 aromatic carbocycles. The van der Waals surface area contributed by atoms with Crippen LogP contribution in [0.25, 0.3) is 0 Å². The van der Waals surface area contributed by atoms with Crippen LogP contribution in [-0.4, -0.2) is 16.2 Å². The molecular weight excluding hydrogens is 108 g/mol. The van der Waals surface area contributed by atoms with E-state index in [1.807, 2.05) is 0 Å². The quantitative estimate of drug-likeness (QED) is 0.287. The normalized spacial score (nSPS) is 9.14. The number of rotatable bonds is 4. The van der Waals surface area contributed by atoms with Crippen molar-refractivity contribution in [3.63, 3.8) is 0 Å². The summed E-state index contributed by atoms with van der Waals surface area (Å²) in [5, 5.41) is 0. The van der Waals surface area contributed by atoms with Crippen molar-refractivity contribution in [3.8, 4) is 0 Å². The molecule has 0 aromatic heterocycles. The highest BCUT2D eigenvalue weighted by Gasteiger charge is 1.79. The van der Waals surface area contributed by atoms with Gasteiger partial charge in [-0.3, -0.25) is 0 Å². The van der Waals surface area contributed by atoms with Gasteiger partial charge in [0.1, 0.15) is 0 Å². The van der Waals surface area contributed by atoms with Crippen molar-refractivity contribution in [2.45, 2.75) is 6.04 Å². The van der Waals surface area contributed by atoms with Gasteiger partial charge < -0.3 is 4.43 Å². The fourth-order valence-corrected chi connectivity index (χ4v) is 0.552. The summed E-state index contributed by atoms with van der Waals surface area (Å²) in [6.45, 7) is 4.82. The molecule has 39 valence electrons. The standard InChI is InChI=1S/C4H7O2Si/c1-2-3-7-6-4-5/h2H,1,3,7H2. The zero-order valence-electron chi connectivity index (χ0n) is 4.02. The van der Waals surface area contributed by atoms with E-state index in [4.69, 9.17) is 0 Å². The first-order chi connectivity index (χ1) is 3.41. The lowest BCUT2D eigenvalue weighted by molar-refractivity contribution is 0.457. The highest BCUT2D eigenvalue weighted by atomic mass is 28.2.